The Morgan fingerprint density at radius 3 is 2.94 bits per heavy atom. The molecule has 1 aliphatic rings. The highest BCUT2D eigenvalue weighted by atomic mass is 32.1. The number of nitrogens with two attached hydrogens (primary N) is 1. The molecule has 0 spiro atoms. The Labute approximate surface area is 104 Å². The highest BCUT2D eigenvalue weighted by molar-refractivity contribution is 7.18. The Balaban J connectivity index is 2.13. The Hall–Kier alpha value is -1.74. The lowest BCUT2D eigenvalue weighted by Gasteiger charge is -2.11. The van der Waals surface area contributed by atoms with Crippen molar-refractivity contribution in [3.05, 3.63) is 4.88 Å². The molecule has 0 bridgehead atoms. The summed E-state index contributed by atoms with van der Waals surface area (Å²) >= 11 is 1.32. The number of carbonyl (C=O) groups excluding carboxylic acids is 1. The summed E-state index contributed by atoms with van der Waals surface area (Å²) in [5.41, 5.74) is 5.74. The normalized spacial score (nSPS) is 14.6. The van der Waals surface area contributed by atoms with Crippen molar-refractivity contribution in [3.8, 4) is 12.3 Å². The number of nitrogens with zero attached hydrogens (tertiary/aromatic N) is 2. The summed E-state index contributed by atoms with van der Waals surface area (Å²) in [4.78, 5) is 18.5. The summed E-state index contributed by atoms with van der Waals surface area (Å²) in [6, 6.07) is 0. The van der Waals surface area contributed by atoms with Crippen LogP contribution >= 0.6 is 11.3 Å². The van der Waals surface area contributed by atoms with Crippen LogP contribution in [0, 0.1) is 12.3 Å². The SMILES string of the molecule is C#CCNC(=O)c1sc(N2CCCC2)nc1N. The van der Waals surface area contributed by atoms with E-state index < -0.39 is 0 Å². The number of aromatic nitrogens is 1. The van der Waals surface area contributed by atoms with E-state index in [9.17, 15) is 4.79 Å². The molecule has 17 heavy (non-hydrogen) atoms. The molecule has 2 heterocycles. The third kappa shape index (κ3) is 2.50. The highest BCUT2D eigenvalue weighted by Crippen LogP contribution is 2.30. The first-order valence-electron chi connectivity index (χ1n) is 5.45. The number of amides is 1. The molecule has 1 aromatic rings. The van der Waals surface area contributed by atoms with Crippen molar-refractivity contribution in [2.45, 2.75) is 12.8 Å². The van der Waals surface area contributed by atoms with E-state index in [0.29, 0.717) is 4.88 Å². The van der Waals surface area contributed by atoms with Gasteiger partial charge in [-0.1, -0.05) is 17.3 Å². The largest absolute Gasteiger partial charge is 0.382 e. The van der Waals surface area contributed by atoms with Crippen LogP contribution in [-0.2, 0) is 0 Å². The molecule has 0 atom stereocenters. The molecule has 1 saturated heterocycles. The van der Waals surface area contributed by atoms with Crippen molar-refractivity contribution < 1.29 is 4.79 Å². The van der Waals surface area contributed by atoms with Gasteiger partial charge in [0.05, 0.1) is 6.54 Å². The second-order valence-electron chi connectivity index (χ2n) is 3.79. The van der Waals surface area contributed by atoms with E-state index in [4.69, 9.17) is 12.2 Å². The van der Waals surface area contributed by atoms with Crippen LogP contribution in [0.1, 0.15) is 22.5 Å². The van der Waals surface area contributed by atoms with E-state index in [-0.39, 0.29) is 18.3 Å². The molecule has 0 radical (unpaired) electrons. The van der Waals surface area contributed by atoms with E-state index in [1.807, 2.05) is 0 Å². The van der Waals surface area contributed by atoms with Gasteiger partial charge in [-0.05, 0) is 12.8 Å². The van der Waals surface area contributed by atoms with Gasteiger partial charge in [0.25, 0.3) is 5.91 Å². The third-order valence-corrected chi connectivity index (χ3v) is 3.71. The molecular formula is C11H14N4OS. The smallest absolute Gasteiger partial charge is 0.266 e. The second kappa shape index (κ2) is 5.06. The maximum Gasteiger partial charge on any atom is 0.266 e. The van der Waals surface area contributed by atoms with Crippen LogP contribution in [0.2, 0.25) is 0 Å². The predicted octanol–water partition coefficient (Wildman–Crippen LogP) is 0.689. The Morgan fingerprint density at radius 2 is 2.29 bits per heavy atom. The van der Waals surface area contributed by atoms with Crippen LogP contribution in [0.3, 0.4) is 0 Å². The minimum absolute atomic E-state index is 0.204. The minimum atomic E-state index is -0.247. The molecule has 1 aromatic heterocycles. The van der Waals surface area contributed by atoms with Crippen molar-refractivity contribution in [1.82, 2.24) is 10.3 Å². The first-order valence-corrected chi connectivity index (χ1v) is 6.27. The van der Waals surface area contributed by atoms with Gasteiger partial charge in [0, 0.05) is 13.1 Å². The second-order valence-corrected chi connectivity index (χ2v) is 4.77. The molecule has 0 saturated carbocycles. The molecule has 1 aliphatic heterocycles. The maximum atomic E-state index is 11.7. The number of nitrogen functional groups attached to an aromatic ring is 1. The summed E-state index contributed by atoms with van der Waals surface area (Å²) in [5, 5.41) is 3.42. The molecule has 90 valence electrons. The fourth-order valence-electron chi connectivity index (χ4n) is 1.74. The van der Waals surface area contributed by atoms with Crippen molar-refractivity contribution in [3.63, 3.8) is 0 Å². The van der Waals surface area contributed by atoms with Crippen LogP contribution < -0.4 is 16.0 Å². The predicted molar refractivity (Wildman–Crippen MR) is 69.1 cm³/mol. The fraction of sp³-hybridized carbons (Fsp3) is 0.455. The number of anilines is 2. The molecule has 0 aliphatic carbocycles. The molecule has 0 unspecified atom stereocenters. The highest BCUT2D eigenvalue weighted by Gasteiger charge is 2.21. The summed E-state index contributed by atoms with van der Waals surface area (Å²) in [7, 11) is 0. The van der Waals surface area contributed by atoms with E-state index >= 15 is 0 Å². The average Bonchev–Trinajstić information content (AvgIpc) is 2.94. The van der Waals surface area contributed by atoms with Gasteiger partial charge < -0.3 is 16.0 Å². The van der Waals surface area contributed by atoms with E-state index in [1.54, 1.807) is 0 Å². The molecule has 1 amide bonds. The lowest BCUT2D eigenvalue weighted by atomic mass is 10.4. The molecule has 2 rings (SSSR count). The van der Waals surface area contributed by atoms with Crippen molar-refractivity contribution >= 4 is 28.2 Å². The summed E-state index contributed by atoms with van der Waals surface area (Å²) < 4.78 is 0. The molecule has 6 heteroatoms. The molecule has 1 fully saturated rings. The third-order valence-electron chi connectivity index (χ3n) is 2.58. The van der Waals surface area contributed by atoms with Gasteiger partial charge >= 0.3 is 0 Å². The minimum Gasteiger partial charge on any atom is -0.382 e. The Kier molecular flexibility index (Phi) is 3.49. The topological polar surface area (TPSA) is 71.2 Å². The van der Waals surface area contributed by atoms with Gasteiger partial charge in [0.15, 0.2) is 5.13 Å². The number of hydrogen-bond acceptors (Lipinski definition) is 5. The lowest BCUT2D eigenvalue weighted by molar-refractivity contribution is 0.0963. The number of rotatable bonds is 3. The van der Waals surface area contributed by atoms with Crippen LogP contribution in [-0.4, -0.2) is 30.5 Å². The summed E-state index contributed by atoms with van der Waals surface area (Å²) in [5.74, 6) is 2.39. The molecule has 5 nitrogen and oxygen atoms in total. The van der Waals surface area contributed by atoms with Crippen LogP contribution in [0.25, 0.3) is 0 Å². The van der Waals surface area contributed by atoms with Crippen molar-refractivity contribution in [2.75, 3.05) is 30.3 Å². The van der Waals surface area contributed by atoms with Crippen molar-refractivity contribution in [2.24, 2.45) is 0 Å². The number of thiazole rings is 1. The number of nitrogens with one attached hydrogen (secondary N) is 1. The number of hydrogen-bond donors (Lipinski definition) is 2. The summed E-state index contributed by atoms with van der Waals surface area (Å²) in [6.07, 6.45) is 7.41. The number of terminal acetylenes is 1. The molecule has 3 N–H and O–H groups in total. The van der Waals surface area contributed by atoms with Crippen LogP contribution in [0.5, 0.6) is 0 Å². The fourth-order valence-corrected chi connectivity index (χ4v) is 2.69. The zero-order chi connectivity index (χ0) is 12.3. The quantitative estimate of drug-likeness (QED) is 0.774. The zero-order valence-electron chi connectivity index (χ0n) is 9.40. The van der Waals surface area contributed by atoms with Gasteiger partial charge in [0.2, 0.25) is 0 Å². The number of carbonyl (C=O) groups is 1. The van der Waals surface area contributed by atoms with Gasteiger partial charge in [-0.25, -0.2) is 4.98 Å². The van der Waals surface area contributed by atoms with Crippen LogP contribution in [0.15, 0.2) is 0 Å². The zero-order valence-corrected chi connectivity index (χ0v) is 10.2. The lowest BCUT2D eigenvalue weighted by Crippen LogP contribution is -2.23. The van der Waals surface area contributed by atoms with E-state index in [0.717, 1.165) is 31.1 Å². The van der Waals surface area contributed by atoms with E-state index in [2.05, 4.69) is 21.1 Å². The maximum absolute atomic E-state index is 11.7. The Bertz CT molecular complexity index is 457. The van der Waals surface area contributed by atoms with Gasteiger partial charge in [-0.3, -0.25) is 4.79 Å². The Morgan fingerprint density at radius 1 is 1.59 bits per heavy atom. The van der Waals surface area contributed by atoms with E-state index in [1.165, 1.54) is 11.3 Å². The first kappa shape index (κ1) is 11.7. The van der Waals surface area contributed by atoms with Crippen molar-refractivity contribution in [1.29, 1.82) is 0 Å². The summed E-state index contributed by atoms with van der Waals surface area (Å²) in [6.45, 7) is 2.17. The monoisotopic (exact) mass is 250 g/mol. The van der Waals surface area contributed by atoms with Gasteiger partial charge in [0.1, 0.15) is 10.7 Å². The molecular weight excluding hydrogens is 236 g/mol. The standard InChI is InChI=1S/C11H14N4OS/c1-2-5-13-10(16)8-9(12)14-11(17-8)15-6-3-4-7-15/h1H,3-7,12H2,(H,13,16). The van der Waals surface area contributed by atoms with Gasteiger partial charge in [-0.2, -0.15) is 0 Å². The average molecular weight is 250 g/mol. The van der Waals surface area contributed by atoms with Gasteiger partial charge in [-0.15, -0.1) is 6.42 Å². The van der Waals surface area contributed by atoms with Crippen LogP contribution in [0.4, 0.5) is 10.9 Å². The molecule has 0 aromatic carbocycles. The first-order chi connectivity index (χ1) is 8.22.